The molecular formula is C18H9NO6. The van der Waals surface area contributed by atoms with Crippen LogP contribution in [0.25, 0.3) is 10.8 Å². The van der Waals surface area contributed by atoms with Gasteiger partial charge in [-0.2, -0.15) is 0 Å². The van der Waals surface area contributed by atoms with Crippen molar-refractivity contribution in [2.45, 2.75) is 0 Å². The second-order valence-corrected chi connectivity index (χ2v) is 5.34. The molecule has 3 aromatic carbocycles. The van der Waals surface area contributed by atoms with Gasteiger partial charge in [-0.25, -0.2) is 9.59 Å². The number of nitro benzene ring substituents is 1. The molecule has 0 spiro atoms. The van der Waals surface area contributed by atoms with Gasteiger partial charge in [-0.3, -0.25) is 10.1 Å². The first-order valence-corrected chi connectivity index (χ1v) is 7.30. The number of para-hydroxylation sites is 2. The highest BCUT2D eigenvalue weighted by Crippen LogP contribution is 2.38. The van der Waals surface area contributed by atoms with Gasteiger partial charge in [0.1, 0.15) is 5.75 Å². The van der Waals surface area contributed by atoms with E-state index < -0.39 is 16.9 Å². The molecule has 4 rings (SSSR count). The Hall–Kier alpha value is -3.74. The Kier molecular flexibility index (Phi) is 3.21. The van der Waals surface area contributed by atoms with E-state index in [1.807, 2.05) is 0 Å². The second-order valence-electron chi connectivity index (χ2n) is 5.34. The van der Waals surface area contributed by atoms with Gasteiger partial charge in [0.2, 0.25) is 5.75 Å². The maximum atomic E-state index is 11.9. The van der Waals surface area contributed by atoms with Crippen molar-refractivity contribution in [3.63, 3.8) is 0 Å². The fourth-order valence-electron chi connectivity index (χ4n) is 2.82. The third kappa shape index (κ3) is 2.29. The Morgan fingerprint density at radius 2 is 1.56 bits per heavy atom. The van der Waals surface area contributed by atoms with Gasteiger partial charge in [0.05, 0.1) is 16.1 Å². The minimum absolute atomic E-state index is 0.0675. The van der Waals surface area contributed by atoms with Crippen LogP contribution in [0.2, 0.25) is 0 Å². The smallest absolute Gasteiger partial charge is 0.346 e. The Balaban J connectivity index is 1.92. The number of cyclic esters (lactones) is 2. The van der Waals surface area contributed by atoms with Crippen LogP contribution < -0.4 is 4.74 Å². The van der Waals surface area contributed by atoms with E-state index in [1.165, 1.54) is 30.3 Å². The number of hydrogen-bond acceptors (Lipinski definition) is 6. The molecule has 0 aliphatic carbocycles. The Bertz CT molecular complexity index is 1050. The predicted octanol–water partition coefficient (Wildman–Crippen LogP) is 3.85. The van der Waals surface area contributed by atoms with Crippen LogP contribution >= 0.6 is 0 Å². The molecule has 1 aliphatic rings. The summed E-state index contributed by atoms with van der Waals surface area (Å²) >= 11 is 0. The van der Waals surface area contributed by atoms with E-state index in [4.69, 9.17) is 9.47 Å². The van der Waals surface area contributed by atoms with E-state index in [-0.39, 0.29) is 22.6 Å². The second kappa shape index (κ2) is 5.41. The van der Waals surface area contributed by atoms with Gasteiger partial charge >= 0.3 is 17.6 Å². The quantitative estimate of drug-likeness (QED) is 0.312. The molecule has 0 saturated heterocycles. The maximum absolute atomic E-state index is 11.9. The van der Waals surface area contributed by atoms with Crippen molar-refractivity contribution in [1.29, 1.82) is 0 Å². The average molecular weight is 335 g/mol. The van der Waals surface area contributed by atoms with E-state index in [0.717, 1.165) is 0 Å². The lowest BCUT2D eigenvalue weighted by Gasteiger charge is -2.17. The molecule has 0 radical (unpaired) electrons. The average Bonchev–Trinajstić information content (AvgIpc) is 2.60. The zero-order valence-electron chi connectivity index (χ0n) is 12.6. The number of nitro groups is 1. The first kappa shape index (κ1) is 14.8. The summed E-state index contributed by atoms with van der Waals surface area (Å²) in [6.07, 6.45) is 0. The van der Waals surface area contributed by atoms with Crippen LogP contribution in [0.15, 0.2) is 54.6 Å². The van der Waals surface area contributed by atoms with E-state index in [2.05, 4.69) is 0 Å². The first-order chi connectivity index (χ1) is 12.1. The van der Waals surface area contributed by atoms with Gasteiger partial charge in [0.15, 0.2) is 0 Å². The SMILES string of the molecule is O=C1OC(=O)c2ccc(Oc3ccccc3[N+](=O)[O-])c3cccc1c23. The highest BCUT2D eigenvalue weighted by molar-refractivity contribution is 6.21. The molecule has 0 amide bonds. The van der Waals surface area contributed by atoms with Crippen LogP contribution in [0, 0.1) is 10.1 Å². The molecule has 1 aliphatic heterocycles. The highest BCUT2D eigenvalue weighted by Gasteiger charge is 2.28. The molecular weight excluding hydrogens is 326 g/mol. The molecule has 0 N–H and O–H groups in total. The molecule has 7 heteroatoms. The van der Waals surface area contributed by atoms with Crippen LogP contribution in [0.3, 0.4) is 0 Å². The molecule has 0 fully saturated rings. The number of rotatable bonds is 3. The fraction of sp³-hybridized carbons (Fsp3) is 0. The highest BCUT2D eigenvalue weighted by atomic mass is 16.6. The molecule has 0 unspecified atom stereocenters. The number of carbonyl (C=O) groups is 2. The number of carbonyl (C=O) groups excluding carboxylic acids is 2. The van der Waals surface area contributed by atoms with Crippen molar-refractivity contribution in [3.05, 3.63) is 75.8 Å². The summed E-state index contributed by atoms with van der Waals surface area (Å²) in [5.41, 5.74) is 0.318. The van der Waals surface area contributed by atoms with E-state index in [0.29, 0.717) is 16.5 Å². The third-order valence-electron chi connectivity index (χ3n) is 3.91. The van der Waals surface area contributed by atoms with Crippen LogP contribution in [-0.4, -0.2) is 16.9 Å². The lowest BCUT2D eigenvalue weighted by Crippen LogP contribution is -2.19. The van der Waals surface area contributed by atoms with Crippen LogP contribution in [-0.2, 0) is 4.74 Å². The summed E-state index contributed by atoms with van der Waals surface area (Å²) in [6, 6.07) is 13.8. The van der Waals surface area contributed by atoms with Gasteiger partial charge in [-0.15, -0.1) is 0 Å². The van der Waals surface area contributed by atoms with Crippen LogP contribution in [0.4, 0.5) is 5.69 Å². The van der Waals surface area contributed by atoms with Crippen molar-refractivity contribution < 1.29 is 24.0 Å². The molecule has 0 aromatic heterocycles. The van der Waals surface area contributed by atoms with Crippen LogP contribution in [0.5, 0.6) is 11.5 Å². The summed E-state index contributed by atoms with van der Waals surface area (Å²) in [5, 5.41) is 12.1. The van der Waals surface area contributed by atoms with Gasteiger partial charge in [0.25, 0.3) is 0 Å². The molecule has 25 heavy (non-hydrogen) atoms. The molecule has 0 saturated carbocycles. The summed E-state index contributed by atoms with van der Waals surface area (Å²) in [5.74, 6) is -1.09. The topological polar surface area (TPSA) is 95.7 Å². The largest absolute Gasteiger partial charge is 0.449 e. The van der Waals surface area contributed by atoms with Gasteiger partial charge in [-0.1, -0.05) is 24.3 Å². The zero-order valence-corrected chi connectivity index (χ0v) is 12.6. The predicted molar refractivity (Wildman–Crippen MR) is 86.9 cm³/mol. The molecule has 0 bridgehead atoms. The van der Waals surface area contributed by atoms with E-state index >= 15 is 0 Å². The lowest BCUT2D eigenvalue weighted by atomic mass is 9.96. The van der Waals surface area contributed by atoms with Gasteiger partial charge in [-0.05, 0) is 24.3 Å². The minimum atomic E-state index is -0.731. The minimum Gasteiger partial charge on any atom is -0.449 e. The summed E-state index contributed by atoms with van der Waals surface area (Å²) in [6.45, 7) is 0. The molecule has 3 aromatic rings. The normalized spacial score (nSPS) is 12.8. The maximum Gasteiger partial charge on any atom is 0.346 e. The number of esters is 2. The summed E-state index contributed by atoms with van der Waals surface area (Å²) < 4.78 is 10.4. The van der Waals surface area contributed by atoms with Crippen molar-refractivity contribution in [2.75, 3.05) is 0 Å². The van der Waals surface area contributed by atoms with Crippen molar-refractivity contribution in [1.82, 2.24) is 0 Å². The molecule has 0 atom stereocenters. The van der Waals surface area contributed by atoms with Crippen molar-refractivity contribution in [2.24, 2.45) is 0 Å². The zero-order chi connectivity index (χ0) is 17.6. The van der Waals surface area contributed by atoms with Gasteiger partial charge < -0.3 is 9.47 Å². The Morgan fingerprint density at radius 3 is 2.32 bits per heavy atom. The number of benzene rings is 3. The molecule has 122 valence electrons. The summed E-state index contributed by atoms with van der Waals surface area (Å²) in [7, 11) is 0. The van der Waals surface area contributed by atoms with Crippen molar-refractivity contribution in [3.8, 4) is 11.5 Å². The standard InChI is InChI=1S/C18H9NO6/c20-17-11-5-3-4-10-14(9-8-12(16(10)11)18(21)25-17)24-15-7-2-1-6-13(15)19(22)23/h1-9H. The fourth-order valence-corrected chi connectivity index (χ4v) is 2.82. The van der Waals surface area contributed by atoms with E-state index in [1.54, 1.807) is 24.3 Å². The molecule has 7 nitrogen and oxygen atoms in total. The number of nitrogens with zero attached hydrogens (tertiary/aromatic N) is 1. The van der Waals surface area contributed by atoms with Crippen LogP contribution in [0.1, 0.15) is 20.7 Å². The Labute approximate surface area is 140 Å². The monoisotopic (exact) mass is 335 g/mol. The lowest BCUT2D eigenvalue weighted by molar-refractivity contribution is -0.385. The summed E-state index contributed by atoms with van der Waals surface area (Å²) in [4.78, 5) is 34.4. The van der Waals surface area contributed by atoms with E-state index in [9.17, 15) is 19.7 Å². The third-order valence-corrected chi connectivity index (χ3v) is 3.91. The Morgan fingerprint density at radius 1 is 0.840 bits per heavy atom. The molecule has 1 heterocycles. The number of ether oxygens (including phenoxy) is 2. The number of hydrogen-bond donors (Lipinski definition) is 0. The first-order valence-electron chi connectivity index (χ1n) is 7.30. The van der Waals surface area contributed by atoms with Crippen molar-refractivity contribution >= 4 is 28.4 Å². The van der Waals surface area contributed by atoms with Gasteiger partial charge in [0, 0.05) is 16.8 Å².